The maximum atomic E-state index is 10.1. The lowest BCUT2D eigenvalue weighted by molar-refractivity contribution is -0.107. The zero-order valence-electron chi connectivity index (χ0n) is 23.6. The van der Waals surface area contributed by atoms with E-state index in [2.05, 4.69) is 69.3 Å². The average molecular weight is 488 g/mol. The summed E-state index contributed by atoms with van der Waals surface area (Å²) >= 11 is 0. The molecule has 0 saturated heterocycles. The molecule has 0 atom stereocenters. The summed E-state index contributed by atoms with van der Waals surface area (Å²) in [5, 5.41) is 7.48. The van der Waals surface area contributed by atoms with Crippen molar-refractivity contribution in [2.24, 2.45) is 0 Å². The highest BCUT2D eigenvalue weighted by Gasteiger charge is 1.95. The van der Waals surface area contributed by atoms with E-state index < -0.39 is 0 Å². The van der Waals surface area contributed by atoms with Crippen LogP contribution in [0.4, 0.5) is 0 Å². The molecule has 3 aromatic carbocycles. The van der Waals surface area contributed by atoms with Gasteiger partial charge in [0, 0.05) is 12.1 Å². The van der Waals surface area contributed by atoms with Crippen molar-refractivity contribution in [2.75, 3.05) is 0 Å². The molecule has 0 spiro atoms. The summed E-state index contributed by atoms with van der Waals surface area (Å²) in [5.41, 5.74) is 7.28. The molecule has 36 heavy (non-hydrogen) atoms. The van der Waals surface area contributed by atoms with Crippen LogP contribution in [-0.4, -0.2) is 12.0 Å². The molecule has 3 aromatic rings. The van der Waals surface area contributed by atoms with E-state index >= 15 is 0 Å². The molecule has 2 heteroatoms. The van der Waals surface area contributed by atoms with Gasteiger partial charge in [-0.2, -0.15) is 0 Å². The summed E-state index contributed by atoms with van der Waals surface area (Å²) in [6.45, 7) is 12.6. The summed E-state index contributed by atoms with van der Waals surface area (Å²) in [6.07, 6.45) is 9.22. The Morgan fingerprint density at radius 1 is 0.639 bits per heavy atom. The first-order chi connectivity index (χ1) is 17.6. The molecule has 0 unspecified atom stereocenters. The molecule has 196 valence electrons. The van der Waals surface area contributed by atoms with Gasteiger partial charge in [-0.3, -0.25) is 0 Å². The van der Waals surface area contributed by atoms with Gasteiger partial charge < -0.3 is 10.2 Å². The maximum absolute atomic E-state index is 10.1. The van der Waals surface area contributed by atoms with Gasteiger partial charge in [0.1, 0.15) is 6.29 Å². The normalized spacial score (nSPS) is 9.39. The van der Waals surface area contributed by atoms with E-state index in [1.165, 1.54) is 41.5 Å². The van der Waals surface area contributed by atoms with Crippen molar-refractivity contribution in [3.05, 3.63) is 107 Å². The minimum Gasteiger partial charge on any atom is -0.305 e. The fourth-order valence-electron chi connectivity index (χ4n) is 3.46. The van der Waals surface area contributed by atoms with E-state index in [4.69, 9.17) is 5.41 Å². The Kier molecular flexibility index (Phi) is 20.6. The number of rotatable bonds is 10. The number of nitrogens with one attached hydrogen (secondary N) is 1. The van der Waals surface area contributed by atoms with Gasteiger partial charge in [0.15, 0.2) is 0 Å². The van der Waals surface area contributed by atoms with Gasteiger partial charge in [-0.1, -0.05) is 133 Å². The van der Waals surface area contributed by atoms with E-state index in [1.807, 2.05) is 51.1 Å². The van der Waals surface area contributed by atoms with Crippen LogP contribution >= 0.6 is 0 Å². The Balaban J connectivity index is 0.000000497. The van der Waals surface area contributed by atoms with Gasteiger partial charge in [0.05, 0.1) is 0 Å². The van der Waals surface area contributed by atoms with Crippen LogP contribution in [0.1, 0.15) is 95.0 Å². The molecule has 1 N–H and O–H groups in total. The number of hydrogen-bond donors (Lipinski definition) is 1. The van der Waals surface area contributed by atoms with Crippen LogP contribution in [0.25, 0.3) is 0 Å². The maximum Gasteiger partial charge on any atom is 0.120 e. The zero-order valence-corrected chi connectivity index (χ0v) is 23.6. The van der Waals surface area contributed by atoms with Gasteiger partial charge in [-0.05, 0) is 59.9 Å². The molecule has 0 fully saturated rings. The van der Waals surface area contributed by atoms with Gasteiger partial charge >= 0.3 is 0 Å². The van der Waals surface area contributed by atoms with E-state index in [0.717, 1.165) is 37.5 Å². The molecule has 0 aliphatic rings. The van der Waals surface area contributed by atoms with Gasteiger partial charge in [0.2, 0.25) is 0 Å². The van der Waals surface area contributed by atoms with Crippen molar-refractivity contribution in [1.82, 2.24) is 0 Å². The molecule has 0 aromatic heterocycles. The van der Waals surface area contributed by atoms with Crippen LogP contribution in [0, 0.1) is 5.41 Å². The summed E-state index contributed by atoms with van der Waals surface area (Å²) in [4.78, 5) is 10.1. The Morgan fingerprint density at radius 3 is 1.42 bits per heavy atom. The number of carbonyl (C=O) groups excluding carboxylic acids is 1. The molecule has 0 heterocycles. The van der Waals surface area contributed by atoms with Crippen molar-refractivity contribution in [3.63, 3.8) is 0 Å². The molecule has 0 bridgehead atoms. The first-order valence-corrected chi connectivity index (χ1v) is 13.8. The second-order valence-corrected chi connectivity index (χ2v) is 8.39. The Bertz CT molecular complexity index is 912. The number of hydrogen-bond acceptors (Lipinski definition) is 2. The van der Waals surface area contributed by atoms with Crippen molar-refractivity contribution in [3.8, 4) is 0 Å². The second kappa shape index (κ2) is 22.5. The number of benzene rings is 3. The van der Waals surface area contributed by atoms with E-state index in [0.29, 0.717) is 12.1 Å². The van der Waals surface area contributed by atoms with Crippen LogP contribution < -0.4 is 0 Å². The standard InChI is InChI=1S/C12H16O.C11H16.C9H11N.C2H6/c1-2-4-11-6-8-12(9-7-11)5-3-10-13;1-3-5-11-8-6-10(4-2)7-9-11;1-2-9(10)8-6-4-3-5-7-8;1-2/h6-10H,2-5H2,1H3;6-9H,3-5H2,1-2H3;3-7,10H,2H2,1H3;1-2H3. The van der Waals surface area contributed by atoms with Crippen molar-refractivity contribution >= 4 is 12.0 Å². The van der Waals surface area contributed by atoms with Crippen molar-refractivity contribution in [1.29, 1.82) is 5.41 Å². The Hall–Kier alpha value is -3.00. The third-order valence-electron chi connectivity index (χ3n) is 5.56. The summed E-state index contributed by atoms with van der Waals surface area (Å²) < 4.78 is 0. The monoisotopic (exact) mass is 487 g/mol. The molecule has 0 amide bonds. The Labute approximate surface area is 221 Å². The predicted octanol–water partition coefficient (Wildman–Crippen LogP) is 9.46. The Morgan fingerprint density at radius 2 is 1.06 bits per heavy atom. The minimum absolute atomic E-state index is 0.632. The molecule has 0 aliphatic heterocycles. The van der Waals surface area contributed by atoms with E-state index in [1.54, 1.807) is 0 Å². The highest BCUT2D eigenvalue weighted by Crippen LogP contribution is 2.08. The largest absolute Gasteiger partial charge is 0.305 e. The predicted molar refractivity (Wildman–Crippen MR) is 160 cm³/mol. The van der Waals surface area contributed by atoms with Gasteiger partial charge in [0.25, 0.3) is 0 Å². The summed E-state index contributed by atoms with van der Waals surface area (Å²) in [6, 6.07) is 27.3. The molecule has 2 nitrogen and oxygen atoms in total. The molecular weight excluding hydrogens is 438 g/mol. The summed E-state index contributed by atoms with van der Waals surface area (Å²) in [5.74, 6) is 0. The minimum atomic E-state index is 0.632. The fraction of sp³-hybridized carbons (Fsp3) is 0.412. The van der Waals surface area contributed by atoms with Crippen LogP contribution in [0.3, 0.4) is 0 Å². The molecule has 0 aliphatic carbocycles. The van der Waals surface area contributed by atoms with Gasteiger partial charge in [-0.15, -0.1) is 0 Å². The second-order valence-electron chi connectivity index (χ2n) is 8.39. The first-order valence-electron chi connectivity index (χ1n) is 13.8. The van der Waals surface area contributed by atoms with Crippen LogP contribution in [0.5, 0.6) is 0 Å². The van der Waals surface area contributed by atoms with E-state index in [-0.39, 0.29) is 0 Å². The molecule has 0 saturated carbocycles. The molecule has 0 radical (unpaired) electrons. The number of aryl methyl sites for hydroxylation is 4. The smallest absolute Gasteiger partial charge is 0.120 e. The first kappa shape index (κ1) is 33.0. The summed E-state index contributed by atoms with van der Waals surface area (Å²) in [7, 11) is 0. The highest BCUT2D eigenvalue weighted by atomic mass is 16.1. The quantitative estimate of drug-likeness (QED) is 0.224. The number of carbonyl (C=O) groups is 1. The lowest BCUT2D eigenvalue weighted by Crippen LogP contribution is -1.94. The van der Waals surface area contributed by atoms with Crippen molar-refractivity contribution in [2.45, 2.75) is 92.9 Å². The molecule has 3 rings (SSSR count). The SMILES string of the molecule is CC.CCC(=N)c1ccccc1.CCCc1ccc(CC)cc1.CCCc1ccc(CCC=O)cc1. The lowest BCUT2D eigenvalue weighted by atomic mass is 10.1. The fourth-order valence-corrected chi connectivity index (χ4v) is 3.46. The van der Waals surface area contributed by atoms with Crippen molar-refractivity contribution < 1.29 is 4.79 Å². The number of aldehydes is 1. The third-order valence-corrected chi connectivity index (χ3v) is 5.56. The van der Waals surface area contributed by atoms with Crippen LogP contribution in [0.2, 0.25) is 0 Å². The van der Waals surface area contributed by atoms with Gasteiger partial charge in [-0.25, -0.2) is 0 Å². The highest BCUT2D eigenvalue weighted by molar-refractivity contribution is 5.97. The lowest BCUT2D eigenvalue weighted by Gasteiger charge is -2.00. The average Bonchev–Trinajstić information content (AvgIpc) is 2.95. The third kappa shape index (κ3) is 15.1. The zero-order chi connectivity index (χ0) is 27.0. The van der Waals surface area contributed by atoms with Crippen LogP contribution in [-0.2, 0) is 30.5 Å². The van der Waals surface area contributed by atoms with Crippen LogP contribution in [0.15, 0.2) is 78.9 Å². The topological polar surface area (TPSA) is 40.9 Å². The van der Waals surface area contributed by atoms with E-state index in [9.17, 15) is 4.79 Å². The molecular formula is C34H49NO.